The van der Waals surface area contributed by atoms with Gasteiger partial charge in [-0.15, -0.1) is 0 Å². The fourth-order valence-electron chi connectivity index (χ4n) is 2.51. The van der Waals surface area contributed by atoms with Crippen LogP contribution in [0.3, 0.4) is 0 Å². The second-order valence-corrected chi connectivity index (χ2v) is 5.30. The van der Waals surface area contributed by atoms with Gasteiger partial charge >= 0.3 is 0 Å². The van der Waals surface area contributed by atoms with Crippen LogP contribution in [0, 0.1) is 5.92 Å². The van der Waals surface area contributed by atoms with Gasteiger partial charge in [0.05, 0.1) is 29.6 Å². The topological polar surface area (TPSA) is 79.5 Å². The quantitative estimate of drug-likeness (QED) is 0.859. The van der Waals surface area contributed by atoms with E-state index in [9.17, 15) is 9.90 Å². The van der Waals surface area contributed by atoms with E-state index in [0.717, 1.165) is 18.5 Å². The van der Waals surface area contributed by atoms with Crippen molar-refractivity contribution in [3.05, 3.63) is 24.0 Å². The first-order valence-electron chi connectivity index (χ1n) is 6.69. The number of anilines is 1. The molecule has 1 aliphatic heterocycles. The van der Waals surface area contributed by atoms with Crippen LogP contribution in [0.5, 0.6) is 0 Å². The highest BCUT2D eigenvalue weighted by atomic mass is 16.3. The van der Waals surface area contributed by atoms with E-state index in [2.05, 4.69) is 16.8 Å². The highest BCUT2D eigenvalue weighted by Crippen LogP contribution is 2.27. The molecule has 0 spiro atoms. The zero-order valence-electron chi connectivity index (χ0n) is 11.4. The van der Waals surface area contributed by atoms with Gasteiger partial charge in [-0.1, -0.05) is 0 Å². The number of rotatable bonds is 3. The summed E-state index contributed by atoms with van der Waals surface area (Å²) in [6.45, 7) is 4.47. The van der Waals surface area contributed by atoms with Gasteiger partial charge in [-0.25, -0.2) is 0 Å². The Hall–Kier alpha value is -1.62. The molecule has 0 radical (unpaired) electrons. The molecule has 5 heteroatoms. The third-order valence-corrected chi connectivity index (χ3v) is 3.81. The third kappa shape index (κ3) is 3.04. The van der Waals surface area contributed by atoms with Gasteiger partial charge in [0, 0.05) is 12.6 Å². The number of primary amides is 1. The van der Waals surface area contributed by atoms with Crippen LogP contribution in [-0.2, 0) is 4.79 Å². The molecular weight excluding hydrogens is 242 g/mol. The summed E-state index contributed by atoms with van der Waals surface area (Å²) in [7, 11) is 0. The Bertz CT molecular complexity index is 445. The Morgan fingerprint density at radius 3 is 2.79 bits per heavy atom. The van der Waals surface area contributed by atoms with Gasteiger partial charge in [0.1, 0.15) is 0 Å². The molecule has 1 fully saturated rings. The van der Waals surface area contributed by atoms with Crippen LogP contribution < -0.4 is 10.6 Å². The summed E-state index contributed by atoms with van der Waals surface area (Å²) in [5, 5.41) is 9.45. The monoisotopic (exact) mass is 263 g/mol. The molecule has 5 nitrogen and oxygen atoms in total. The number of aromatic nitrogens is 1. The Kier molecular flexibility index (Phi) is 4.04. The average molecular weight is 263 g/mol. The number of pyridine rings is 1. The van der Waals surface area contributed by atoms with Crippen LogP contribution in [0.25, 0.3) is 0 Å². The maximum absolute atomic E-state index is 11.3. The molecule has 1 amide bonds. The molecule has 0 aliphatic carbocycles. The van der Waals surface area contributed by atoms with Gasteiger partial charge in [-0.3, -0.25) is 9.78 Å². The lowest BCUT2D eigenvalue weighted by molar-refractivity contribution is -0.122. The number of nitrogens with two attached hydrogens (primary N) is 1. The molecule has 0 aromatic carbocycles. The minimum atomic E-state index is -0.564. The summed E-state index contributed by atoms with van der Waals surface area (Å²) in [4.78, 5) is 17.7. The van der Waals surface area contributed by atoms with E-state index in [-0.39, 0.29) is 11.8 Å². The maximum atomic E-state index is 11.3. The number of aliphatic hydroxyl groups is 1. The SMILES string of the molecule is CC1CCC(C(N)=O)CN1c1ccc([C@H](C)O)nc1. The van der Waals surface area contributed by atoms with E-state index >= 15 is 0 Å². The van der Waals surface area contributed by atoms with Crippen molar-refractivity contribution in [2.45, 2.75) is 38.8 Å². The maximum Gasteiger partial charge on any atom is 0.222 e. The van der Waals surface area contributed by atoms with Crippen molar-refractivity contribution in [1.82, 2.24) is 4.98 Å². The van der Waals surface area contributed by atoms with E-state index in [1.807, 2.05) is 12.1 Å². The lowest BCUT2D eigenvalue weighted by Gasteiger charge is -2.38. The first-order chi connectivity index (χ1) is 8.99. The summed E-state index contributed by atoms with van der Waals surface area (Å²) in [6, 6.07) is 4.13. The van der Waals surface area contributed by atoms with Crippen molar-refractivity contribution in [2.75, 3.05) is 11.4 Å². The van der Waals surface area contributed by atoms with Crippen molar-refractivity contribution in [3.63, 3.8) is 0 Å². The lowest BCUT2D eigenvalue weighted by Crippen LogP contribution is -2.45. The fraction of sp³-hybridized carbons (Fsp3) is 0.571. The van der Waals surface area contributed by atoms with Gasteiger partial charge in [0.25, 0.3) is 0 Å². The number of aliphatic hydroxyl groups excluding tert-OH is 1. The van der Waals surface area contributed by atoms with Gasteiger partial charge in [0.2, 0.25) is 5.91 Å². The summed E-state index contributed by atoms with van der Waals surface area (Å²) < 4.78 is 0. The average Bonchev–Trinajstić information content (AvgIpc) is 2.39. The van der Waals surface area contributed by atoms with Crippen LogP contribution in [0.15, 0.2) is 18.3 Å². The Balaban J connectivity index is 2.16. The zero-order chi connectivity index (χ0) is 14.0. The zero-order valence-corrected chi connectivity index (χ0v) is 11.4. The minimum absolute atomic E-state index is 0.0901. The number of hydrogen-bond acceptors (Lipinski definition) is 4. The van der Waals surface area contributed by atoms with Crippen LogP contribution in [0.1, 0.15) is 38.5 Å². The van der Waals surface area contributed by atoms with E-state index in [4.69, 9.17) is 5.73 Å². The van der Waals surface area contributed by atoms with Crippen LogP contribution in [0.4, 0.5) is 5.69 Å². The molecule has 3 atom stereocenters. The minimum Gasteiger partial charge on any atom is -0.387 e. The van der Waals surface area contributed by atoms with Gasteiger partial charge < -0.3 is 15.7 Å². The lowest BCUT2D eigenvalue weighted by atomic mass is 9.92. The molecule has 19 heavy (non-hydrogen) atoms. The van der Waals surface area contributed by atoms with Crippen molar-refractivity contribution in [3.8, 4) is 0 Å². The summed E-state index contributed by atoms with van der Waals surface area (Å²) in [5.74, 6) is -0.321. The van der Waals surface area contributed by atoms with Gasteiger partial charge in [0.15, 0.2) is 0 Å². The summed E-state index contributed by atoms with van der Waals surface area (Å²) in [6.07, 6.45) is 2.99. The molecule has 2 heterocycles. The summed E-state index contributed by atoms with van der Waals surface area (Å²) >= 11 is 0. The Morgan fingerprint density at radius 1 is 1.53 bits per heavy atom. The molecule has 3 N–H and O–H groups in total. The van der Waals surface area contributed by atoms with E-state index in [1.165, 1.54) is 0 Å². The van der Waals surface area contributed by atoms with E-state index in [0.29, 0.717) is 18.3 Å². The second kappa shape index (κ2) is 5.57. The third-order valence-electron chi connectivity index (χ3n) is 3.81. The molecule has 1 aromatic rings. The molecule has 1 aromatic heterocycles. The van der Waals surface area contributed by atoms with Gasteiger partial charge in [-0.2, -0.15) is 0 Å². The molecule has 0 bridgehead atoms. The number of hydrogen-bond donors (Lipinski definition) is 2. The van der Waals surface area contributed by atoms with Gasteiger partial charge in [-0.05, 0) is 38.8 Å². The van der Waals surface area contributed by atoms with Crippen LogP contribution in [0.2, 0.25) is 0 Å². The molecule has 1 aliphatic rings. The van der Waals surface area contributed by atoms with Crippen molar-refractivity contribution < 1.29 is 9.90 Å². The number of nitrogens with zero attached hydrogens (tertiary/aromatic N) is 2. The molecule has 2 rings (SSSR count). The highest BCUT2D eigenvalue weighted by molar-refractivity contribution is 5.77. The number of amides is 1. The van der Waals surface area contributed by atoms with Crippen molar-refractivity contribution >= 4 is 11.6 Å². The fourth-order valence-corrected chi connectivity index (χ4v) is 2.51. The first kappa shape index (κ1) is 13.8. The predicted molar refractivity (Wildman–Crippen MR) is 73.6 cm³/mol. The van der Waals surface area contributed by atoms with E-state index in [1.54, 1.807) is 13.1 Å². The normalized spacial score (nSPS) is 25.1. The summed E-state index contributed by atoms with van der Waals surface area (Å²) in [5.41, 5.74) is 7.03. The number of piperidine rings is 1. The van der Waals surface area contributed by atoms with Crippen molar-refractivity contribution in [1.29, 1.82) is 0 Å². The number of carbonyl (C=O) groups is 1. The molecule has 0 saturated carbocycles. The Morgan fingerprint density at radius 2 is 2.26 bits per heavy atom. The largest absolute Gasteiger partial charge is 0.387 e. The van der Waals surface area contributed by atoms with E-state index < -0.39 is 6.10 Å². The highest BCUT2D eigenvalue weighted by Gasteiger charge is 2.28. The molecule has 104 valence electrons. The number of carbonyl (C=O) groups excluding carboxylic acids is 1. The molecule has 1 saturated heterocycles. The predicted octanol–water partition coefficient (Wildman–Crippen LogP) is 1.23. The molecular formula is C14H21N3O2. The first-order valence-corrected chi connectivity index (χ1v) is 6.69. The smallest absolute Gasteiger partial charge is 0.222 e. The molecule has 2 unspecified atom stereocenters. The van der Waals surface area contributed by atoms with Crippen molar-refractivity contribution in [2.24, 2.45) is 11.7 Å². The standard InChI is InChI=1S/C14H21N3O2/c1-9-3-4-11(14(15)19)8-17(9)12-5-6-13(10(2)18)16-7-12/h5-7,9-11,18H,3-4,8H2,1-2H3,(H2,15,19)/t9?,10-,11?/m0/s1. The second-order valence-electron chi connectivity index (χ2n) is 5.30. The van der Waals surface area contributed by atoms with Crippen LogP contribution >= 0.6 is 0 Å². The van der Waals surface area contributed by atoms with Crippen LogP contribution in [-0.4, -0.2) is 28.6 Å². The Labute approximate surface area is 113 Å².